The maximum absolute atomic E-state index is 6.08. The summed E-state index contributed by atoms with van der Waals surface area (Å²) in [5, 5.41) is 1.17. The van der Waals surface area contributed by atoms with Crippen LogP contribution in [0.3, 0.4) is 0 Å². The maximum atomic E-state index is 6.08. The van der Waals surface area contributed by atoms with Gasteiger partial charge < -0.3 is 13.7 Å². The number of hydrogen-bond acceptors (Lipinski definition) is 3. The number of rotatable bonds is 2. The molecular weight excluding hydrogens is 263 g/mol. The van der Waals surface area contributed by atoms with Crippen LogP contribution in [0, 0.1) is 13.8 Å². The lowest BCUT2D eigenvalue weighted by molar-refractivity contribution is 0.00578. The summed E-state index contributed by atoms with van der Waals surface area (Å²) in [6, 6.07) is 4.32. The highest BCUT2D eigenvalue weighted by Gasteiger charge is 2.50. The number of furan rings is 1. The maximum Gasteiger partial charge on any atom is 0.462 e. The third-order valence-electron chi connectivity index (χ3n) is 4.77. The quantitative estimate of drug-likeness (QED) is 0.774. The van der Waals surface area contributed by atoms with Gasteiger partial charge in [-0.05, 0) is 64.3 Å². The van der Waals surface area contributed by atoms with Crippen LogP contribution in [0.1, 0.15) is 44.4 Å². The van der Waals surface area contributed by atoms with Gasteiger partial charge in [0.15, 0.2) is 0 Å². The number of benzene rings is 1. The second-order valence-corrected chi connectivity index (χ2v) is 7.11. The Kier molecular flexibility index (Phi) is 3.23. The zero-order valence-corrected chi connectivity index (χ0v) is 13.7. The minimum absolute atomic E-state index is 0.225. The molecule has 2 heterocycles. The Morgan fingerprint density at radius 1 is 1.00 bits per heavy atom. The monoisotopic (exact) mass is 286 g/mol. The Morgan fingerprint density at radius 3 is 2.24 bits per heavy atom. The molecule has 1 saturated heterocycles. The highest BCUT2D eigenvalue weighted by atomic mass is 16.7. The van der Waals surface area contributed by atoms with Crippen molar-refractivity contribution in [2.75, 3.05) is 0 Å². The first kappa shape index (κ1) is 14.7. The highest BCUT2D eigenvalue weighted by molar-refractivity contribution is 6.45. The van der Waals surface area contributed by atoms with Crippen LogP contribution in [0.5, 0.6) is 0 Å². The van der Waals surface area contributed by atoms with Crippen LogP contribution in [0.25, 0.3) is 11.0 Å². The molecule has 3 rings (SSSR count). The van der Waals surface area contributed by atoms with E-state index >= 15 is 0 Å². The van der Waals surface area contributed by atoms with Crippen LogP contribution in [0.4, 0.5) is 0 Å². The Balaban J connectivity index is 1.90. The first-order valence-electron chi connectivity index (χ1n) is 7.52. The van der Waals surface area contributed by atoms with E-state index in [9.17, 15) is 0 Å². The summed E-state index contributed by atoms with van der Waals surface area (Å²) < 4.78 is 17.9. The molecule has 2 aromatic rings. The van der Waals surface area contributed by atoms with Crippen LogP contribution in [0.2, 0.25) is 0 Å². The van der Waals surface area contributed by atoms with E-state index in [1.54, 1.807) is 0 Å². The molecule has 1 aromatic heterocycles. The zero-order chi connectivity index (χ0) is 15.4. The minimum atomic E-state index is -0.289. The summed E-state index contributed by atoms with van der Waals surface area (Å²) >= 11 is 0. The predicted octanol–water partition coefficient (Wildman–Crippen LogP) is 4.22. The second-order valence-electron chi connectivity index (χ2n) is 7.11. The van der Waals surface area contributed by atoms with E-state index in [1.165, 1.54) is 16.5 Å². The lowest BCUT2D eigenvalue weighted by Gasteiger charge is -2.32. The summed E-state index contributed by atoms with van der Waals surface area (Å²) in [7, 11) is -0.225. The molecule has 0 bridgehead atoms. The minimum Gasteiger partial charge on any atom is -0.464 e. The number of aryl methyl sites for hydroxylation is 2. The fourth-order valence-electron chi connectivity index (χ4n) is 2.93. The van der Waals surface area contributed by atoms with Crippen molar-refractivity contribution in [3.05, 3.63) is 35.1 Å². The van der Waals surface area contributed by atoms with Crippen molar-refractivity contribution in [3.63, 3.8) is 0 Å². The Hall–Kier alpha value is -1.26. The molecule has 1 fully saturated rings. The van der Waals surface area contributed by atoms with E-state index in [1.807, 2.05) is 6.26 Å². The van der Waals surface area contributed by atoms with Gasteiger partial charge in [0.2, 0.25) is 0 Å². The van der Waals surface area contributed by atoms with Gasteiger partial charge in [0.05, 0.1) is 17.5 Å². The van der Waals surface area contributed by atoms with Crippen molar-refractivity contribution < 1.29 is 13.7 Å². The third kappa shape index (κ3) is 2.41. The van der Waals surface area contributed by atoms with E-state index in [-0.39, 0.29) is 18.3 Å². The van der Waals surface area contributed by atoms with Crippen molar-refractivity contribution >= 4 is 18.1 Å². The van der Waals surface area contributed by atoms with Crippen LogP contribution in [-0.4, -0.2) is 18.3 Å². The topological polar surface area (TPSA) is 31.6 Å². The molecule has 0 amide bonds. The van der Waals surface area contributed by atoms with Gasteiger partial charge in [-0.2, -0.15) is 0 Å². The predicted molar refractivity (Wildman–Crippen MR) is 85.5 cm³/mol. The van der Waals surface area contributed by atoms with E-state index in [4.69, 9.17) is 13.7 Å². The van der Waals surface area contributed by atoms with Crippen molar-refractivity contribution in [1.82, 2.24) is 0 Å². The fraction of sp³-hybridized carbons (Fsp3) is 0.529. The third-order valence-corrected chi connectivity index (χ3v) is 4.77. The van der Waals surface area contributed by atoms with Gasteiger partial charge in [-0.3, -0.25) is 0 Å². The summed E-state index contributed by atoms with van der Waals surface area (Å²) in [4.78, 5) is 0. The Labute approximate surface area is 126 Å². The van der Waals surface area contributed by atoms with Crippen LogP contribution >= 0.6 is 0 Å². The molecule has 21 heavy (non-hydrogen) atoms. The smallest absolute Gasteiger partial charge is 0.462 e. The average Bonchev–Trinajstić information content (AvgIpc) is 2.79. The van der Waals surface area contributed by atoms with Gasteiger partial charge in [-0.15, -0.1) is 0 Å². The van der Waals surface area contributed by atoms with E-state index in [2.05, 4.69) is 53.7 Å². The zero-order valence-electron chi connectivity index (χ0n) is 13.7. The largest absolute Gasteiger partial charge is 0.464 e. The standard InChI is InChI=1S/C17H23BO3/c1-11-7-12(2)15-14(8-11)13(10-19-15)9-18-20-16(3,4)17(5,6)21-18/h7-8,10H,9H2,1-6H3. The van der Waals surface area contributed by atoms with Crippen molar-refractivity contribution in [2.45, 2.75) is 59.1 Å². The van der Waals surface area contributed by atoms with Gasteiger partial charge in [0, 0.05) is 11.7 Å². The van der Waals surface area contributed by atoms with Gasteiger partial charge in [0.25, 0.3) is 0 Å². The molecule has 3 nitrogen and oxygen atoms in total. The fourth-order valence-corrected chi connectivity index (χ4v) is 2.93. The molecule has 1 aromatic carbocycles. The molecule has 0 spiro atoms. The van der Waals surface area contributed by atoms with Gasteiger partial charge in [-0.25, -0.2) is 0 Å². The first-order valence-corrected chi connectivity index (χ1v) is 7.52. The SMILES string of the molecule is Cc1cc(C)c2occ(CB3OC(C)(C)C(C)(C)O3)c2c1. The summed E-state index contributed by atoms with van der Waals surface area (Å²) in [5.74, 6) is 0. The number of fused-ring (bicyclic) bond motifs is 1. The molecule has 0 atom stereocenters. The summed E-state index contributed by atoms with van der Waals surface area (Å²) in [5.41, 5.74) is 3.95. The molecule has 1 aliphatic heterocycles. The number of hydrogen-bond donors (Lipinski definition) is 0. The molecular formula is C17H23BO3. The van der Waals surface area contributed by atoms with Gasteiger partial charge in [-0.1, -0.05) is 6.07 Å². The van der Waals surface area contributed by atoms with Crippen LogP contribution in [0.15, 0.2) is 22.8 Å². The van der Waals surface area contributed by atoms with Crippen molar-refractivity contribution in [1.29, 1.82) is 0 Å². The van der Waals surface area contributed by atoms with Crippen LogP contribution < -0.4 is 0 Å². The second kappa shape index (κ2) is 4.62. The van der Waals surface area contributed by atoms with Gasteiger partial charge in [0.1, 0.15) is 5.58 Å². The Morgan fingerprint density at radius 2 is 1.62 bits per heavy atom. The van der Waals surface area contributed by atoms with Crippen LogP contribution in [-0.2, 0) is 15.6 Å². The molecule has 4 heteroatoms. The van der Waals surface area contributed by atoms with E-state index in [0.717, 1.165) is 11.1 Å². The average molecular weight is 286 g/mol. The molecule has 0 unspecified atom stereocenters. The van der Waals surface area contributed by atoms with E-state index < -0.39 is 0 Å². The molecule has 112 valence electrons. The van der Waals surface area contributed by atoms with Crippen molar-refractivity contribution in [3.8, 4) is 0 Å². The summed E-state index contributed by atoms with van der Waals surface area (Å²) in [6.07, 6.45) is 2.55. The molecule has 1 aliphatic rings. The lowest BCUT2D eigenvalue weighted by Crippen LogP contribution is -2.41. The van der Waals surface area contributed by atoms with Gasteiger partial charge >= 0.3 is 7.12 Å². The molecule has 0 aliphatic carbocycles. The first-order chi connectivity index (χ1) is 9.69. The molecule has 0 N–H and O–H groups in total. The Bertz CT molecular complexity index is 669. The molecule has 0 radical (unpaired) electrons. The summed E-state index contributed by atoms with van der Waals surface area (Å²) in [6.45, 7) is 12.5. The van der Waals surface area contributed by atoms with Crippen molar-refractivity contribution in [2.24, 2.45) is 0 Å². The van der Waals surface area contributed by atoms with E-state index in [0.29, 0.717) is 6.32 Å². The normalized spacial score (nSPS) is 20.4. The lowest BCUT2D eigenvalue weighted by atomic mass is 9.80. The highest BCUT2D eigenvalue weighted by Crippen LogP contribution is 2.38. The molecule has 0 saturated carbocycles.